The lowest BCUT2D eigenvalue weighted by Crippen LogP contribution is -2.36. The molecule has 13 heteroatoms. The van der Waals surface area contributed by atoms with Gasteiger partial charge >= 0.3 is 6.61 Å². The van der Waals surface area contributed by atoms with Crippen LogP contribution < -0.4 is 4.74 Å². The Bertz CT molecular complexity index is 1290. The Balaban J connectivity index is 1.19. The van der Waals surface area contributed by atoms with Crippen molar-refractivity contribution in [2.45, 2.75) is 32.5 Å². The molecule has 0 unspecified atom stereocenters. The molecule has 10 nitrogen and oxygen atoms in total. The van der Waals surface area contributed by atoms with Gasteiger partial charge in [0.1, 0.15) is 5.69 Å². The van der Waals surface area contributed by atoms with Crippen LogP contribution in [0.3, 0.4) is 0 Å². The number of ether oxygens (including phenoxy) is 1. The second-order valence-corrected chi connectivity index (χ2v) is 8.41. The van der Waals surface area contributed by atoms with Crippen molar-refractivity contribution in [3.8, 4) is 5.75 Å². The second-order valence-electron chi connectivity index (χ2n) is 8.41. The van der Waals surface area contributed by atoms with E-state index in [0.29, 0.717) is 56.8 Å². The number of carbonyl (C=O) groups excluding carboxylic acids is 2. The molecule has 3 aromatic rings. The van der Waals surface area contributed by atoms with Gasteiger partial charge in [-0.3, -0.25) is 14.3 Å². The molecule has 5 rings (SSSR count). The van der Waals surface area contributed by atoms with Crippen molar-refractivity contribution in [3.63, 3.8) is 0 Å². The highest BCUT2D eigenvalue weighted by Gasteiger charge is 2.27. The summed E-state index contributed by atoms with van der Waals surface area (Å²) >= 11 is 0. The highest BCUT2D eigenvalue weighted by Crippen LogP contribution is 2.22. The van der Waals surface area contributed by atoms with Gasteiger partial charge in [0.05, 0.1) is 18.8 Å². The number of amides is 2. The molecule has 2 aliphatic rings. The van der Waals surface area contributed by atoms with E-state index in [-0.39, 0.29) is 11.8 Å². The van der Waals surface area contributed by atoms with E-state index in [2.05, 4.69) is 25.2 Å². The van der Waals surface area contributed by atoms with Gasteiger partial charge in [-0.15, -0.1) is 0 Å². The van der Waals surface area contributed by atoms with Crippen LogP contribution >= 0.6 is 0 Å². The molecule has 0 saturated heterocycles. The second kappa shape index (κ2) is 9.84. The quantitative estimate of drug-likeness (QED) is 0.536. The smallest absolute Gasteiger partial charge is 0.387 e. The van der Waals surface area contributed by atoms with Crippen LogP contribution in [0.15, 0.2) is 30.3 Å². The van der Waals surface area contributed by atoms with Crippen LogP contribution in [0, 0.1) is 5.82 Å². The van der Waals surface area contributed by atoms with E-state index in [1.54, 1.807) is 20.5 Å². The predicted octanol–water partition coefficient (Wildman–Crippen LogP) is 2.04. The van der Waals surface area contributed by atoms with Crippen LogP contribution in [0.5, 0.6) is 5.75 Å². The number of benzene rings is 1. The molecule has 2 aliphatic heterocycles. The Morgan fingerprint density at radius 2 is 1.83 bits per heavy atom. The fraction of sp³-hybridized carbons (Fsp3) is 0.348. The number of rotatable bonds is 5. The summed E-state index contributed by atoms with van der Waals surface area (Å²) in [6.07, 6.45) is 3.87. The van der Waals surface area contributed by atoms with Crippen LogP contribution in [0.2, 0.25) is 0 Å². The molecule has 1 aromatic carbocycles. The van der Waals surface area contributed by atoms with Gasteiger partial charge in [0.25, 0.3) is 5.91 Å². The van der Waals surface area contributed by atoms with E-state index in [0.717, 1.165) is 29.2 Å². The van der Waals surface area contributed by atoms with E-state index in [4.69, 9.17) is 0 Å². The molecule has 0 radical (unpaired) electrons. The van der Waals surface area contributed by atoms with Crippen molar-refractivity contribution < 1.29 is 27.5 Å². The summed E-state index contributed by atoms with van der Waals surface area (Å²) in [5.41, 5.74) is 3.19. The van der Waals surface area contributed by atoms with Gasteiger partial charge < -0.3 is 14.5 Å². The Morgan fingerprint density at radius 3 is 2.64 bits per heavy atom. The molecular weight excluding hydrogens is 479 g/mol. The standard InChI is InChI=1S/C23H22F3N7O3/c24-16-11-14(1-3-20(16)36-23(25)26)2-4-21(34)31-7-5-15-12-18(29-33(15)10-9-31)22(35)32-8-6-17-19(13-32)28-30-27-17/h1-4,11-12,23H,5-10,13H2,(H,27,28,30). The van der Waals surface area contributed by atoms with Gasteiger partial charge in [0, 0.05) is 44.2 Å². The number of hydrogen-bond acceptors (Lipinski definition) is 6. The number of carbonyl (C=O) groups is 2. The summed E-state index contributed by atoms with van der Waals surface area (Å²) in [5, 5.41) is 15.2. The molecule has 1 N–H and O–H groups in total. The zero-order chi connectivity index (χ0) is 25.2. The van der Waals surface area contributed by atoms with Crippen LogP contribution in [-0.4, -0.2) is 73.1 Å². The van der Waals surface area contributed by atoms with Crippen molar-refractivity contribution >= 4 is 17.9 Å². The summed E-state index contributed by atoms with van der Waals surface area (Å²) < 4.78 is 44.2. The van der Waals surface area contributed by atoms with Crippen LogP contribution in [0.1, 0.15) is 33.1 Å². The Morgan fingerprint density at radius 1 is 1.03 bits per heavy atom. The lowest BCUT2D eigenvalue weighted by molar-refractivity contribution is -0.125. The Labute approximate surface area is 203 Å². The lowest BCUT2D eigenvalue weighted by atomic mass is 10.1. The first kappa shape index (κ1) is 23.6. The molecule has 0 aliphatic carbocycles. The maximum Gasteiger partial charge on any atom is 0.387 e. The van der Waals surface area contributed by atoms with Crippen LogP contribution in [0.4, 0.5) is 13.2 Å². The van der Waals surface area contributed by atoms with Crippen molar-refractivity contribution in [2.75, 3.05) is 19.6 Å². The third-order valence-electron chi connectivity index (χ3n) is 6.15. The minimum atomic E-state index is -3.12. The molecule has 4 heterocycles. The molecule has 2 aromatic heterocycles. The molecule has 0 atom stereocenters. The normalized spacial score (nSPS) is 15.7. The van der Waals surface area contributed by atoms with Gasteiger partial charge in [-0.1, -0.05) is 6.07 Å². The number of halogens is 3. The third-order valence-corrected chi connectivity index (χ3v) is 6.15. The molecule has 0 saturated carbocycles. The van der Waals surface area contributed by atoms with E-state index < -0.39 is 18.2 Å². The molecule has 188 valence electrons. The summed E-state index contributed by atoms with van der Waals surface area (Å²) in [5.74, 6) is -1.95. The number of aromatic amines is 1. The van der Waals surface area contributed by atoms with Crippen molar-refractivity contribution in [3.05, 3.63) is 64.5 Å². The average molecular weight is 501 g/mol. The highest BCUT2D eigenvalue weighted by molar-refractivity contribution is 5.93. The summed E-state index contributed by atoms with van der Waals surface area (Å²) in [4.78, 5) is 29.0. The minimum absolute atomic E-state index is 0.169. The lowest BCUT2D eigenvalue weighted by Gasteiger charge is -2.24. The van der Waals surface area contributed by atoms with E-state index in [1.807, 2.05) is 0 Å². The SMILES string of the molecule is O=C(C=Cc1ccc(OC(F)F)c(F)c1)N1CCc2cc(C(=O)N3CCc4n[nH]nc4C3)nn2CC1. The van der Waals surface area contributed by atoms with Gasteiger partial charge in [-0.2, -0.15) is 29.3 Å². The first-order valence-corrected chi connectivity index (χ1v) is 11.3. The zero-order valence-corrected chi connectivity index (χ0v) is 19.0. The fourth-order valence-electron chi connectivity index (χ4n) is 4.27. The van der Waals surface area contributed by atoms with Gasteiger partial charge in [0.15, 0.2) is 17.3 Å². The van der Waals surface area contributed by atoms with Gasteiger partial charge in [0.2, 0.25) is 5.91 Å². The zero-order valence-electron chi connectivity index (χ0n) is 19.0. The maximum absolute atomic E-state index is 13.9. The minimum Gasteiger partial charge on any atom is -0.432 e. The highest BCUT2D eigenvalue weighted by atomic mass is 19.3. The Hall–Kier alpha value is -4.16. The predicted molar refractivity (Wildman–Crippen MR) is 119 cm³/mol. The number of hydrogen-bond donors (Lipinski definition) is 1. The molecule has 36 heavy (non-hydrogen) atoms. The number of fused-ring (bicyclic) bond motifs is 2. The number of H-pyrrole nitrogens is 1. The summed E-state index contributed by atoms with van der Waals surface area (Å²) in [6.45, 7) is -0.975. The first-order chi connectivity index (χ1) is 17.4. The number of alkyl halides is 2. The van der Waals surface area contributed by atoms with E-state index >= 15 is 0 Å². The number of nitrogens with one attached hydrogen (secondary N) is 1. The molecule has 0 fully saturated rings. The van der Waals surface area contributed by atoms with Crippen LogP contribution in [-0.2, 0) is 30.7 Å². The van der Waals surface area contributed by atoms with Crippen molar-refractivity contribution in [2.24, 2.45) is 0 Å². The molecular formula is C23H22F3N7O3. The number of aromatic nitrogens is 5. The molecule has 2 amide bonds. The average Bonchev–Trinajstić information content (AvgIpc) is 3.45. The summed E-state index contributed by atoms with van der Waals surface area (Å²) in [6, 6.07) is 5.25. The monoisotopic (exact) mass is 501 g/mol. The third kappa shape index (κ3) is 4.95. The first-order valence-electron chi connectivity index (χ1n) is 11.3. The Kier molecular flexibility index (Phi) is 6.44. The fourth-order valence-corrected chi connectivity index (χ4v) is 4.27. The van der Waals surface area contributed by atoms with Crippen LogP contribution in [0.25, 0.3) is 6.08 Å². The topological polar surface area (TPSA) is 109 Å². The molecule has 0 bridgehead atoms. The number of nitrogens with zero attached hydrogens (tertiary/aromatic N) is 6. The summed E-state index contributed by atoms with van der Waals surface area (Å²) in [7, 11) is 0. The molecule has 0 spiro atoms. The van der Waals surface area contributed by atoms with Crippen molar-refractivity contribution in [1.29, 1.82) is 0 Å². The van der Waals surface area contributed by atoms with E-state index in [9.17, 15) is 22.8 Å². The maximum atomic E-state index is 13.9. The largest absolute Gasteiger partial charge is 0.432 e. The van der Waals surface area contributed by atoms with Gasteiger partial charge in [-0.25, -0.2) is 4.39 Å². The van der Waals surface area contributed by atoms with E-state index in [1.165, 1.54) is 18.2 Å². The van der Waals surface area contributed by atoms with Gasteiger partial charge in [-0.05, 0) is 29.8 Å². The van der Waals surface area contributed by atoms with Crippen molar-refractivity contribution in [1.82, 2.24) is 35.0 Å².